The van der Waals surface area contributed by atoms with Crippen molar-refractivity contribution in [2.24, 2.45) is 0 Å². The van der Waals surface area contributed by atoms with Gasteiger partial charge < -0.3 is 14.8 Å². The molecule has 1 heterocycles. The Kier molecular flexibility index (Phi) is 5.83. The highest BCUT2D eigenvalue weighted by Crippen LogP contribution is 2.31. The van der Waals surface area contributed by atoms with E-state index in [1.807, 2.05) is 32.0 Å². The zero-order valence-corrected chi connectivity index (χ0v) is 15.7. The molecule has 2 aromatic rings. The number of thioether (sulfide) groups is 1. The summed E-state index contributed by atoms with van der Waals surface area (Å²) >= 11 is 1.60. The Hall–Kier alpha value is -2.47. The quantitative estimate of drug-likeness (QED) is 0.636. The van der Waals surface area contributed by atoms with Gasteiger partial charge in [-0.2, -0.15) is 0 Å². The fourth-order valence-electron chi connectivity index (χ4n) is 2.74. The predicted molar refractivity (Wildman–Crippen MR) is 102 cm³/mol. The van der Waals surface area contributed by atoms with Crippen molar-refractivity contribution in [2.75, 3.05) is 24.3 Å². The molecule has 0 aliphatic carbocycles. The van der Waals surface area contributed by atoms with Crippen LogP contribution in [0.3, 0.4) is 0 Å². The van der Waals surface area contributed by atoms with E-state index in [0.717, 1.165) is 27.5 Å². The molecule has 0 unspecified atom stereocenters. The lowest BCUT2D eigenvalue weighted by Gasteiger charge is -2.10. The van der Waals surface area contributed by atoms with Gasteiger partial charge in [0.05, 0.1) is 11.3 Å². The van der Waals surface area contributed by atoms with Crippen LogP contribution >= 0.6 is 11.8 Å². The van der Waals surface area contributed by atoms with Gasteiger partial charge in [-0.05, 0) is 55.3 Å². The predicted octanol–water partition coefficient (Wildman–Crippen LogP) is 3.97. The Labute approximate surface area is 157 Å². The van der Waals surface area contributed by atoms with Crippen molar-refractivity contribution < 1.29 is 19.1 Å². The number of hydrogen-bond donors (Lipinski definition) is 1. The minimum Gasteiger partial charge on any atom is -0.490 e. The topological polar surface area (TPSA) is 64.6 Å². The first-order valence-corrected chi connectivity index (χ1v) is 9.45. The van der Waals surface area contributed by atoms with E-state index < -0.39 is 5.97 Å². The molecule has 0 fully saturated rings. The molecule has 1 aliphatic rings. The van der Waals surface area contributed by atoms with Gasteiger partial charge in [-0.3, -0.25) is 4.79 Å². The Balaban J connectivity index is 1.54. The van der Waals surface area contributed by atoms with Crippen molar-refractivity contribution in [3.63, 3.8) is 0 Å². The van der Waals surface area contributed by atoms with E-state index in [9.17, 15) is 9.59 Å². The number of nitrogens with one attached hydrogen (secondary N) is 1. The molecule has 2 aromatic carbocycles. The Bertz CT molecular complexity index is 814. The number of ether oxygens (including phenoxy) is 2. The van der Waals surface area contributed by atoms with Crippen molar-refractivity contribution in [2.45, 2.75) is 25.2 Å². The molecule has 0 aromatic heterocycles. The van der Waals surface area contributed by atoms with E-state index in [1.165, 1.54) is 0 Å². The molecule has 1 aliphatic heterocycles. The largest absolute Gasteiger partial charge is 0.490 e. The molecule has 0 saturated carbocycles. The van der Waals surface area contributed by atoms with E-state index in [1.54, 1.807) is 23.9 Å². The molecule has 0 atom stereocenters. The number of fused-ring (bicyclic) bond motifs is 1. The van der Waals surface area contributed by atoms with Crippen molar-refractivity contribution in [3.05, 3.63) is 53.1 Å². The lowest BCUT2D eigenvalue weighted by Crippen LogP contribution is -2.14. The van der Waals surface area contributed by atoms with Crippen molar-refractivity contribution in [1.82, 2.24) is 0 Å². The SMILES string of the molecule is Cc1cc(C)cc(OCCOC(=O)c2ccc3c(c2)NC(=O)CCS3)c1. The highest BCUT2D eigenvalue weighted by Gasteiger charge is 2.16. The molecule has 0 spiro atoms. The van der Waals surface area contributed by atoms with Gasteiger partial charge >= 0.3 is 5.97 Å². The number of amides is 1. The third-order valence-corrected chi connectivity index (χ3v) is 4.93. The fraction of sp³-hybridized carbons (Fsp3) is 0.300. The van der Waals surface area contributed by atoms with E-state index in [0.29, 0.717) is 17.7 Å². The molecule has 1 amide bonds. The van der Waals surface area contributed by atoms with Gasteiger partial charge in [-0.15, -0.1) is 11.8 Å². The minimum atomic E-state index is -0.430. The summed E-state index contributed by atoms with van der Waals surface area (Å²) in [5.41, 5.74) is 3.33. The summed E-state index contributed by atoms with van der Waals surface area (Å²) in [6.07, 6.45) is 0.467. The number of aryl methyl sites for hydroxylation is 2. The Morgan fingerprint density at radius 2 is 1.88 bits per heavy atom. The van der Waals surface area contributed by atoms with Gasteiger partial charge in [0, 0.05) is 17.1 Å². The highest BCUT2D eigenvalue weighted by atomic mass is 32.2. The van der Waals surface area contributed by atoms with Gasteiger partial charge in [0.1, 0.15) is 19.0 Å². The van der Waals surface area contributed by atoms with Gasteiger partial charge in [0.25, 0.3) is 0 Å². The summed E-state index contributed by atoms with van der Waals surface area (Å²) in [6.45, 7) is 4.46. The maximum Gasteiger partial charge on any atom is 0.338 e. The van der Waals surface area contributed by atoms with Crippen LogP contribution in [0.1, 0.15) is 27.9 Å². The summed E-state index contributed by atoms with van der Waals surface area (Å²) in [5.74, 6) is 1.03. The third-order valence-electron chi connectivity index (χ3n) is 3.86. The van der Waals surface area contributed by atoms with Crippen LogP contribution in [0, 0.1) is 13.8 Å². The minimum absolute atomic E-state index is 0.0383. The van der Waals surface area contributed by atoms with Crippen LogP contribution in [-0.2, 0) is 9.53 Å². The standard InChI is InChI=1S/C20H21NO4S/c1-13-9-14(2)11-16(10-13)24-6-7-25-20(23)15-3-4-18-17(12-15)21-19(22)5-8-26-18/h3-4,9-12H,5-8H2,1-2H3,(H,21,22). The summed E-state index contributed by atoms with van der Waals surface area (Å²) < 4.78 is 10.9. The highest BCUT2D eigenvalue weighted by molar-refractivity contribution is 7.99. The molecule has 0 radical (unpaired) electrons. The zero-order chi connectivity index (χ0) is 18.5. The van der Waals surface area contributed by atoms with Crippen molar-refractivity contribution in [3.8, 4) is 5.75 Å². The van der Waals surface area contributed by atoms with Crippen LogP contribution in [-0.4, -0.2) is 30.8 Å². The van der Waals surface area contributed by atoms with Gasteiger partial charge in [-0.1, -0.05) is 6.07 Å². The second-order valence-corrected chi connectivity index (χ2v) is 7.30. The fourth-order valence-corrected chi connectivity index (χ4v) is 3.68. The number of esters is 1. The average Bonchev–Trinajstić information content (AvgIpc) is 2.77. The second kappa shape index (κ2) is 8.27. The molecule has 6 heteroatoms. The van der Waals surface area contributed by atoms with Gasteiger partial charge in [0.15, 0.2) is 0 Å². The molecule has 0 bridgehead atoms. The van der Waals surface area contributed by atoms with E-state index in [4.69, 9.17) is 9.47 Å². The maximum absolute atomic E-state index is 12.2. The van der Waals surface area contributed by atoms with Crippen LogP contribution < -0.4 is 10.1 Å². The molecule has 3 rings (SSSR count). The van der Waals surface area contributed by atoms with E-state index in [2.05, 4.69) is 11.4 Å². The number of anilines is 1. The summed E-state index contributed by atoms with van der Waals surface area (Å²) in [4.78, 5) is 24.8. The first-order chi connectivity index (χ1) is 12.5. The number of carbonyl (C=O) groups is 2. The van der Waals surface area contributed by atoms with Gasteiger partial charge in [-0.25, -0.2) is 4.79 Å². The number of benzene rings is 2. The molecular weight excluding hydrogens is 350 g/mol. The van der Waals surface area contributed by atoms with Crippen LogP contribution in [0.25, 0.3) is 0 Å². The van der Waals surface area contributed by atoms with Crippen LogP contribution in [0.15, 0.2) is 41.3 Å². The first-order valence-electron chi connectivity index (χ1n) is 8.46. The number of rotatable bonds is 5. The van der Waals surface area contributed by atoms with Crippen molar-refractivity contribution >= 4 is 29.3 Å². The van der Waals surface area contributed by atoms with Crippen LogP contribution in [0.2, 0.25) is 0 Å². The molecule has 136 valence electrons. The van der Waals surface area contributed by atoms with Crippen LogP contribution in [0.5, 0.6) is 5.75 Å². The molecule has 26 heavy (non-hydrogen) atoms. The van der Waals surface area contributed by atoms with Crippen LogP contribution in [0.4, 0.5) is 5.69 Å². The summed E-state index contributed by atoms with van der Waals surface area (Å²) in [5, 5.41) is 2.82. The number of carbonyl (C=O) groups excluding carboxylic acids is 2. The van der Waals surface area contributed by atoms with E-state index >= 15 is 0 Å². The second-order valence-electron chi connectivity index (χ2n) is 6.17. The normalized spacial score (nSPS) is 13.4. The van der Waals surface area contributed by atoms with E-state index in [-0.39, 0.29) is 19.1 Å². The average molecular weight is 371 g/mol. The molecule has 0 saturated heterocycles. The molecule has 1 N–H and O–H groups in total. The molecule has 5 nitrogen and oxygen atoms in total. The lowest BCUT2D eigenvalue weighted by molar-refractivity contribution is -0.115. The smallest absolute Gasteiger partial charge is 0.338 e. The monoisotopic (exact) mass is 371 g/mol. The Morgan fingerprint density at radius 1 is 1.12 bits per heavy atom. The third kappa shape index (κ3) is 4.79. The van der Waals surface area contributed by atoms with Gasteiger partial charge in [0.2, 0.25) is 5.91 Å². The lowest BCUT2D eigenvalue weighted by atomic mass is 10.1. The summed E-state index contributed by atoms with van der Waals surface area (Å²) in [7, 11) is 0. The Morgan fingerprint density at radius 3 is 2.65 bits per heavy atom. The van der Waals surface area contributed by atoms with Crippen molar-refractivity contribution in [1.29, 1.82) is 0 Å². The first kappa shape index (κ1) is 18.3. The summed E-state index contributed by atoms with van der Waals surface area (Å²) in [6, 6.07) is 11.2. The maximum atomic E-state index is 12.2. The zero-order valence-electron chi connectivity index (χ0n) is 14.8. The molecular formula is C20H21NO4S. The number of hydrogen-bond acceptors (Lipinski definition) is 5.